The second kappa shape index (κ2) is 7.59. The summed E-state index contributed by atoms with van der Waals surface area (Å²) in [6.07, 6.45) is -3.40. The number of aryl methyl sites for hydroxylation is 1. The first kappa shape index (κ1) is 20.8. The van der Waals surface area contributed by atoms with Crippen LogP contribution in [0.2, 0.25) is 0 Å². The smallest absolute Gasteiger partial charge is 0.337 e. The number of benzene rings is 2. The fraction of sp³-hybridized carbons (Fsp3) is 0.278. The van der Waals surface area contributed by atoms with Gasteiger partial charge in [0.1, 0.15) is 0 Å². The van der Waals surface area contributed by atoms with Gasteiger partial charge in [-0.15, -0.1) is 0 Å². The predicted octanol–water partition coefficient (Wildman–Crippen LogP) is 3.66. The van der Waals surface area contributed by atoms with Crippen LogP contribution in [-0.4, -0.2) is 32.5 Å². The van der Waals surface area contributed by atoms with E-state index < -0.39 is 21.8 Å². The summed E-state index contributed by atoms with van der Waals surface area (Å²) in [6.45, 7) is 1.81. The quantitative estimate of drug-likeness (QED) is 0.833. The molecule has 2 aromatic rings. The standard InChI is InChI=1S/C18H19F3N2O3S/c1-12-4-7-14(10-16(12)22-27(3,25)26)17(24)23(2)11-13-5-8-15(9-6-13)18(19,20)21/h4-10,22H,11H2,1-3H3. The van der Waals surface area contributed by atoms with Gasteiger partial charge in [-0.3, -0.25) is 9.52 Å². The number of nitrogens with zero attached hydrogens (tertiary/aromatic N) is 1. The molecule has 0 atom stereocenters. The van der Waals surface area contributed by atoms with Crippen molar-refractivity contribution in [3.05, 3.63) is 64.7 Å². The SMILES string of the molecule is Cc1ccc(C(=O)N(C)Cc2ccc(C(F)(F)F)cc2)cc1NS(C)(=O)=O. The Morgan fingerprint density at radius 1 is 1.11 bits per heavy atom. The lowest BCUT2D eigenvalue weighted by molar-refractivity contribution is -0.137. The number of nitrogens with one attached hydrogen (secondary N) is 1. The highest BCUT2D eigenvalue weighted by atomic mass is 32.2. The molecule has 0 heterocycles. The van der Waals surface area contributed by atoms with Crippen LogP contribution in [0.15, 0.2) is 42.5 Å². The van der Waals surface area contributed by atoms with Crippen molar-refractivity contribution in [1.82, 2.24) is 4.90 Å². The maximum Gasteiger partial charge on any atom is 0.416 e. The van der Waals surface area contributed by atoms with E-state index in [0.29, 0.717) is 16.8 Å². The lowest BCUT2D eigenvalue weighted by atomic mass is 10.1. The molecule has 2 rings (SSSR count). The summed E-state index contributed by atoms with van der Waals surface area (Å²) in [5.74, 6) is -0.383. The minimum Gasteiger partial charge on any atom is -0.337 e. The molecule has 1 amide bonds. The van der Waals surface area contributed by atoms with E-state index in [0.717, 1.165) is 18.4 Å². The van der Waals surface area contributed by atoms with E-state index in [9.17, 15) is 26.4 Å². The zero-order valence-electron chi connectivity index (χ0n) is 15.0. The molecule has 146 valence electrons. The molecule has 27 heavy (non-hydrogen) atoms. The Morgan fingerprint density at radius 3 is 2.22 bits per heavy atom. The number of halogens is 3. The third-order valence-corrected chi connectivity index (χ3v) is 4.42. The number of rotatable bonds is 5. The number of carbonyl (C=O) groups excluding carboxylic acids is 1. The van der Waals surface area contributed by atoms with E-state index in [1.165, 1.54) is 30.1 Å². The van der Waals surface area contributed by atoms with Crippen molar-refractivity contribution in [2.75, 3.05) is 18.0 Å². The summed E-state index contributed by atoms with van der Waals surface area (Å²) in [6, 6.07) is 9.18. The molecule has 0 aliphatic carbocycles. The zero-order chi connectivity index (χ0) is 20.4. The van der Waals surface area contributed by atoms with Crippen molar-refractivity contribution in [2.45, 2.75) is 19.6 Å². The summed E-state index contributed by atoms with van der Waals surface area (Å²) in [5.41, 5.74) is 1.01. The van der Waals surface area contributed by atoms with Crippen LogP contribution < -0.4 is 4.72 Å². The van der Waals surface area contributed by atoms with Gasteiger partial charge in [-0.2, -0.15) is 13.2 Å². The van der Waals surface area contributed by atoms with E-state index in [4.69, 9.17) is 0 Å². The molecule has 0 aromatic heterocycles. The molecule has 5 nitrogen and oxygen atoms in total. The molecule has 0 spiro atoms. The Hall–Kier alpha value is -2.55. The first-order valence-electron chi connectivity index (χ1n) is 7.87. The van der Waals surface area contributed by atoms with Crippen molar-refractivity contribution in [3.8, 4) is 0 Å². The van der Waals surface area contributed by atoms with E-state index in [1.54, 1.807) is 19.1 Å². The fourth-order valence-corrected chi connectivity index (χ4v) is 3.05. The number of anilines is 1. The van der Waals surface area contributed by atoms with Crippen molar-refractivity contribution >= 4 is 21.6 Å². The van der Waals surface area contributed by atoms with Crippen molar-refractivity contribution in [3.63, 3.8) is 0 Å². The average Bonchev–Trinajstić information content (AvgIpc) is 2.54. The summed E-state index contributed by atoms with van der Waals surface area (Å²) < 4.78 is 63.0. The lowest BCUT2D eigenvalue weighted by Crippen LogP contribution is -2.26. The van der Waals surface area contributed by atoms with Gasteiger partial charge in [0.05, 0.1) is 17.5 Å². The number of hydrogen-bond donors (Lipinski definition) is 1. The second-order valence-corrected chi connectivity index (χ2v) is 8.01. The van der Waals surface area contributed by atoms with Gasteiger partial charge in [-0.1, -0.05) is 18.2 Å². The van der Waals surface area contributed by atoms with Gasteiger partial charge in [0, 0.05) is 19.2 Å². The molecule has 0 saturated carbocycles. The topological polar surface area (TPSA) is 66.5 Å². The number of hydrogen-bond acceptors (Lipinski definition) is 3. The minimum atomic E-state index is -4.41. The molecule has 1 N–H and O–H groups in total. The summed E-state index contributed by atoms with van der Waals surface area (Å²) in [4.78, 5) is 13.9. The monoisotopic (exact) mass is 400 g/mol. The molecule has 9 heteroatoms. The van der Waals surface area contributed by atoms with Gasteiger partial charge < -0.3 is 4.90 Å². The lowest BCUT2D eigenvalue weighted by Gasteiger charge is -2.19. The van der Waals surface area contributed by atoms with Gasteiger partial charge in [-0.25, -0.2) is 8.42 Å². The van der Waals surface area contributed by atoms with Gasteiger partial charge in [-0.05, 0) is 42.3 Å². The summed E-state index contributed by atoms with van der Waals surface area (Å²) >= 11 is 0. The molecule has 0 aliphatic heterocycles. The van der Waals surface area contributed by atoms with Crippen molar-refractivity contribution < 1.29 is 26.4 Å². The average molecular weight is 400 g/mol. The van der Waals surface area contributed by atoms with Crippen molar-refractivity contribution in [1.29, 1.82) is 0 Å². The third-order valence-electron chi connectivity index (χ3n) is 3.83. The molecular formula is C18H19F3N2O3S. The maximum atomic E-state index is 12.6. The number of sulfonamides is 1. The van der Waals surface area contributed by atoms with Gasteiger partial charge in [0.25, 0.3) is 5.91 Å². The van der Waals surface area contributed by atoms with Crippen LogP contribution in [0.5, 0.6) is 0 Å². The van der Waals surface area contributed by atoms with Gasteiger partial charge in [0.15, 0.2) is 0 Å². The molecule has 0 radical (unpaired) electrons. The van der Waals surface area contributed by atoms with E-state index in [-0.39, 0.29) is 18.0 Å². The fourth-order valence-electron chi connectivity index (χ4n) is 2.43. The van der Waals surface area contributed by atoms with Crippen LogP contribution in [0.1, 0.15) is 27.0 Å². The highest BCUT2D eigenvalue weighted by molar-refractivity contribution is 7.92. The van der Waals surface area contributed by atoms with E-state index in [1.807, 2.05) is 0 Å². The normalized spacial score (nSPS) is 11.9. The van der Waals surface area contributed by atoms with Crippen LogP contribution in [-0.2, 0) is 22.7 Å². The molecule has 0 bridgehead atoms. The number of alkyl halides is 3. The first-order valence-corrected chi connectivity index (χ1v) is 9.76. The van der Waals surface area contributed by atoms with Gasteiger partial charge >= 0.3 is 6.18 Å². The Balaban J connectivity index is 2.16. The van der Waals surface area contributed by atoms with Crippen LogP contribution in [0.3, 0.4) is 0 Å². The Bertz CT molecular complexity index is 939. The van der Waals surface area contributed by atoms with Crippen LogP contribution in [0.4, 0.5) is 18.9 Å². The highest BCUT2D eigenvalue weighted by Gasteiger charge is 2.30. The van der Waals surface area contributed by atoms with E-state index >= 15 is 0 Å². The summed E-state index contributed by atoms with van der Waals surface area (Å²) in [7, 11) is -1.98. The molecule has 0 unspecified atom stereocenters. The third kappa shape index (κ3) is 5.72. The van der Waals surface area contributed by atoms with Crippen LogP contribution in [0.25, 0.3) is 0 Å². The number of amides is 1. The van der Waals surface area contributed by atoms with Gasteiger partial charge in [0.2, 0.25) is 10.0 Å². The van der Waals surface area contributed by atoms with Crippen molar-refractivity contribution in [2.24, 2.45) is 0 Å². The minimum absolute atomic E-state index is 0.111. The maximum absolute atomic E-state index is 12.6. The summed E-state index contributed by atoms with van der Waals surface area (Å²) in [5, 5.41) is 0. The van der Waals surface area contributed by atoms with E-state index in [2.05, 4.69) is 4.72 Å². The Labute approximate surface area is 155 Å². The largest absolute Gasteiger partial charge is 0.416 e. The molecule has 0 fully saturated rings. The predicted molar refractivity (Wildman–Crippen MR) is 96.9 cm³/mol. The Morgan fingerprint density at radius 2 is 1.70 bits per heavy atom. The number of carbonyl (C=O) groups is 1. The molecule has 2 aromatic carbocycles. The van der Waals surface area contributed by atoms with Crippen LogP contribution >= 0.6 is 0 Å². The molecular weight excluding hydrogens is 381 g/mol. The first-order chi connectivity index (χ1) is 12.4. The van der Waals surface area contributed by atoms with Crippen LogP contribution in [0, 0.1) is 6.92 Å². The zero-order valence-corrected chi connectivity index (χ0v) is 15.8. The second-order valence-electron chi connectivity index (χ2n) is 6.26. The molecule has 0 aliphatic rings. The Kier molecular flexibility index (Phi) is 5.84. The highest BCUT2D eigenvalue weighted by Crippen LogP contribution is 2.29. The molecule has 0 saturated heterocycles.